The highest BCUT2D eigenvalue weighted by molar-refractivity contribution is 5.49. The number of aryl methyl sites for hydroxylation is 2. The van der Waals surface area contributed by atoms with Gasteiger partial charge < -0.3 is 10.5 Å². The number of anilines is 1. The summed E-state index contributed by atoms with van der Waals surface area (Å²) in [6, 6.07) is 12.2. The van der Waals surface area contributed by atoms with Gasteiger partial charge in [-0.1, -0.05) is 18.2 Å². The fraction of sp³-hybridized carbons (Fsp3) is 0.250. The molecule has 2 heteroatoms. The molecule has 0 aromatic heterocycles. The van der Waals surface area contributed by atoms with Crippen LogP contribution in [-0.2, 0) is 6.61 Å². The van der Waals surface area contributed by atoms with Gasteiger partial charge in [0, 0.05) is 5.69 Å². The van der Waals surface area contributed by atoms with Crippen molar-refractivity contribution >= 4 is 5.69 Å². The topological polar surface area (TPSA) is 35.2 Å². The summed E-state index contributed by atoms with van der Waals surface area (Å²) >= 11 is 0. The molecule has 2 aromatic carbocycles. The van der Waals surface area contributed by atoms with Crippen LogP contribution in [0.25, 0.3) is 0 Å². The number of ether oxygens (including phenoxy) is 1. The number of nitrogen functional groups attached to an aromatic ring is 1. The first-order valence-corrected chi connectivity index (χ1v) is 6.11. The first-order chi connectivity index (χ1) is 8.56. The van der Waals surface area contributed by atoms with Crippen molar-refractivity contribution in [2.75, 3.05) is 5.73 Å². The van der Waals surface area contributed by atoms with Gasteiger partial charge >= 0.3 is 0 Å². The molecule has 2 N–H and O–H groups in total. The average molecular weight is 241 g/mol. The van der Waals surface area contributed by atoms with Gasteiger partial charge in [0.05, 0.1) is 0 Å². The molecule has 0 atom stereocenters. The van der Waals surface area contributed by atoms with E-state index in [-0.39, 0.29) is 0 Å². The fourth-order valence-electron chi connectivity index (χ4n) is 2.04. The van der Waals surface area contributed by atoms with Gasteiger partial charge in [-0.05, 0) is 61.2 Å². The lowest BCUT2D eigenvalue weighted by Crippen LogP contribution is -2.01. The van der Waals surface area contributed by atoms with Crippen LogP contribution in [0.1, 0.15) is 22.3 Å². The summed E-state index contributed by atoms with van der Waals surface area (Å²) in [4.78, 5) is 0. The zero-order valence-corrected chi connectivity index (χ0v) is 11.2. The molecule has 0 fully saturated rings. The van der Waals surface area contributed by atoms with Gasteiger partial charge in [-0.3, -0.25) is 0 Å². The van der Waals surface area contributed by atoms with Gasteiger partial charge in [-0.2, -0.15) is 0 Å². The molecule has 2 aromatic rings. The Balaban J connectivity index is 2.14. The van der Waals surface area contributed by atoms with Gasteiger partial charge in [0.15, 0.2) is 0 Å². The Kier molecular flexibility index (Phi) is 3.56. The lowest BCUT2D eigenvalue weighted by molar-refractivity contribution is 0.305. The SMILES string of the molecule is Cc1cc(C)cc(OCc2cccc(N)c2C)c1. The highest BCUT2D eigenvalue weighted by atomic mass is 16.5. The van der Waals surface area contributed by atoms with Crippen molar-refractivity contribution in [2.45, 2.75) is 27.4 Å². The molecule has 0 heterocycles. The molecule has 0 radical (unpaired) electrons. The summed E-state index contributed by atoms with van der Waals surface area (Å²) in [5, 5.41) is 0. The van der Waals surface area contributed by atoms with E-state index in [4.69, 9.17) is 10.5 Å². The van der Waals surface area contributed by atoms with Gasteiger partial charge in [-0.25, -0.2) is 0 Å². The molecule has 0 aliphatic heterocycles. The largest absolute Gasteiger partial charge is 0.489 e. The van der Waals surface area contributed by atoms with Crippen LogP contribution >= 0.6 is 0 Å². The summed E-state index contributed by atoms with van der Waals surface area (Å²) in [6.07, 6.45) is 0. The Hall–Kier alpha value is -1.96. The highest BCUT2D eigenvalue weighted by Gasteiger charge is 2.03. The minimum atomic E-state index is 0.555. The Morgan fingerprint density at radius 3 is 2.33 bits per heavy atom. The molecule has 0 spiro atoms. The molecule has 0 aliphatic rings. The number of nitrogens with two attached hydrogens (primary N) is 1. The minimum absolute atomic E-state index is 0.555. The van der Waals surface area contributed by atoms with Gasteiger partial charge in [0.25, 0.3) is 0 Å². The second kappa shape index (κ2) is 5.13. The van der Waals surface area contributed by atoms with Crippen LogP contribution in [-0.4, -0.2) is 0 Å². The summed E-state index contributed by atoms with van der Waals surface area (Å²) in [5.74, 6) is 0.911. The monoisotopic (exact) mass is 241 g/mol. The van der Waals surface area contributed by atoms with Crippen molar-refractivity contribution < 1.29 is 4.74 Å². The second-order valence-electron chi connectivity index (χ2n) is 4.74. The molecule has 94 valence electrons. The molecule has 0 aliphatic carbocycles. The van der Waals surface area contributed by atoms with E-state index in [0.29, 0.717) is 6.61 Å². The summed E-state index contributed by atoms with van der Waals surface area (Å²) < 4.78 is 5.83. The predicted octanol–water partition coefficient (Wildman–Crippen LogP) is 3.77. The van der Waals surface area contributed by atoms with Gasteiger partial charge in [-0.15, -0.1) is 0 Å². The van der Waals surface area contributed by atoms with E-state index in [1.807, 2.05) is 25.1 Å². The van der Waals surface area contributed by atoms with E-state index in [1.165, 1.54) is 11.1 Å². The first-order valence-electron chi connectivity index (χ1n) is 6.11. The molecule has 0 amide bonds. The third-order valence-electron chi connectivity index (χ3n) is 3.08. The van der Waals surface area contributed by atoms with Gasteiger partial charge in [0.2, 0.25) is 0 Å². The molecule has 0 saturated heterocycles. The third-order valence-corrected chi connectivity index (χ3v) is 3.08. The number of hydrogen-bond donors (Lipinski definition) is 1. The van der Waals surface area contributed by atoms with Crippen LogP contribution in [0.15, 0.2) is 36.4 Å². The van der Waals surface area contributed by atoms with Crippen molar-refractivity contribution in [1.82, 2.24) is 0 Å². The Bertz CT molecular complexity index is 541. The summed E-state index contributed by atoms with van der Waals surface area (Å²) in [5.41, 5.74) is 11.4. The zero-order chi connectivity index (χ0) is 13.1. The van der Waals surface area contributed by atoms with Crippen LogP contribution in [0.2, 0.25) is 0 Å². The lowest BCUT2D eigenvalue weighted by atomic mass is 10.1. The standard InChI is InChI=1S/C16H19NO/c1-11-7-12(2)9-15(8-11)18-10-14-5-4-6-16(17)13(14)3/h4-9H,10,17H2,1-3H3. The maximum absolute atomic E-state index is 5.88. The van der Waals surface area contributed by atoms with Crippen molar-refractivity contribution in [2.24, 2.45) is 0 Å². The van der Waals surface area contributed by atoms with E-state index < -0.39 is 0 Å². The van der Waals surface area contributed by atoms with Crippen molar-refractivity contribution in [1.29, 1.82) is 0 Å². The predicted molar refractivity (Wildman–Crippen MR) is 75.8 cm³/mol. The van der Waals surface area contributed by atoms with Crippen LogP contribution in [0, 0.1) is 20.8 Å². The number of hydrogen-bond acceptors (Lipinski definition) is 2. The Morgan fingerprint density at radius 2 is 1.67 bits per heavy atom. The molecule has 18 heavy (non-hydrogen) atoms. The van der Waals surface area contributed by atoms with E-state index in [9.17, 15) is 0 Å². The summed E-state index contributed by atoms with van der Waals surface area (Å²) in [7, 11) is 0. The van der Waals surface area contributed by atoms with Crippen LogP contribution in [0.3, 0.4) is 0 Å². The number of rotatable bonds is 3. The van der Waals surface area contributed by atoms with E-state index in [1.54, 1.807) is 0 Å². The lowest BCUT2D eigenvalue weighted by Gasteiger charge is -2.11. The van der Waals surface area contributed by atoms with Crippen LogP contribution < -0.4 is 10.5 Å². The third kappa shape index (κ3) is 2.83. The van der Waals surface area contributed by atoms with Gasteiger partial charge in [0.1, 0.15) is 12.4 Å². The maximum atomic E-state index is 5.88. The highest BCUT2D eigenvalue weighted by Crippen LogP contribution is 2.20. The molecular weight excluding hydrogens is 222 g/mol. The van der Waals surface area contributed by atoms with E-state index >= 15 is 0 Å². The molecule has 2 nitrogen and oxygen atoms in total. The Morgan fingerprint density at radius 1 is 1.00 bits per heavy atom. The maximum Gasteiger partial charge on any atom is 0.120 e. The van der Waals surface area contributed by atoms with Crippen LogP contribution in [0.5, 0.6) is 5.75 Å². The Labute approximate surface area is 108 Å². The quantitative estimate of drug-likeness (QED) is 0.830. The smallest absolute Gasteiger partial charge is 0.120 e. The average Bonchev–Trinajstić information content (AvgIpc) is 2.30. The molecule has 2 rings (SSSR count). The van der Waals surface area contributed by atoms with E-state index in [2.05, 4.69) is 32.0 Å². The second-order valence-corrected chi connectivity index (χ2v) is 4.74. The van der Waals surface area contributed by atoms with Crippen molar-refractivity contribution in [3.8, 4) is 5.75 Å². The molecule has 0 unspecified atom stereocenters. The van der Waals surface area contributed by atoms with E-state index in [0.717, 1.165) is 22.6 Å². The normalized spacial score (nSPS) is 10.4. The molecule has 0 bridgehead atoms. The van der Waals surface area contributed by atoms with Crippen molar-refractivity contribution in [3.05, 3.63) is 58.7 Å². The minimum Gasteiger partial charge on any atom is -0.489 e. The fourth-order valence-corrected chi connectivity index (χ4v) is 2.04. The zero-order valence-electron chi connectivity index (χ0n) is 11.2. The first kappa shape index (κ1) is 12.5. The number of benzene rings is 2. The molecular formula is C16H19NO. The van der Waals surface area contributed by atoms with Crippen molar-refractivity contribution in [3.63, 3.8) is 0 Å². The molecule has 0 saturated carbocycles. The summed E-state index contributed by atoms with van der Waals surface area (Å²) in [6.45, 7) is 6.73. The van der Waals surface area contributed by atoms with Crippen LogP contribution in [0.4, 0.5) is 5.69 Å².